The Balaban J connectivity index is 1.27. The van der Waals surface area contributed by atoms with Gasteiger partial charge in [0.25, 0.3) is 0 Å². The Morgan fingerprint density at radius 1 is 0.629 bits per heavy atom. The molecule has 0 aromatic heterocycles. The van der Waals surface area contributed by atoms with Gasteiger partial charge in [0.05, 0.1) is 59.5 Å². The molecule has 7 nitrogen and oxygen atoms in total. The fourth-order valence-electron chi connectivity index (χ4n) is 3.68. The van der Waals surface area contributed by atoms with Crippen molar-refractivity contribution in [1.82, 2.24) is 0 Å². The Morgan fingerprint density at radius 2 is 1.20 bits per heavy atom. The molecule has 0 amide bonds. The Morgan fingerprint density at radius 3 is 1.89 bits per heavy atom. The molecule has 1 heterocycles. The number of hydrogen-bond donors (Lipinski definition) is 0. The first kappa shape index (κ1) is 25.4. The maximum Gasteiger partial charge on any atom is 0.161 e. The average molecular weight is 483 g/mol. The average Bonchev–Trinajstić information content (AvgIpc) is 2.89. The fourth-order valence-corrected chi connectivity index (χ4v) is 3.68. The molecular formula is C28H34O7. The van der Waals surface area contributed by atoms with E-state index in [0.29, 0.717) is 84.2 Å². The highest BCUT2D eigenvalue weighted by Crippen LogP contribution is 2.32. The lowest BCUT2D eigenvalue weighted by Gasteiger charge is -2.19. The molecule has 3 aromatic rings. The van der Waals surface area contributed by atoms with Crippen LogP contribution in [-0.2, 0) is 30.3 Å². The van der Waals surface area contributed by atoms with Crippen LogP contribution >= 0.6 is 0 Å². The molecule has 7 heteroatoms. The molecule has 0 aliphatic carbocycles. The van der Waals surface area contributed by atoms with Gasteiger partial charge < -0.3 is 33.2 Å². The van der Waals surface area contributed by atoms with Gasteiger partial charge in [-0.2, -0.15) is 0 Å². The van der Waals surface area contributed by atoms with Crippen molar-refractivity contribution in [2.45, 2.75) is 12.7 Å². The molecule has 1 atom stereocenters. The fraction of sp³-hybridized carbons (Fsp3) is 0.429. The van der Waals surface area contributed by atoms with Gasteiger partial charge in [0.1, 0.15) is 19.3 Å². The van der Waals surface area contributed by atoms with E-state index < -0.39 is 0 Å². The van der Waals surface area contributed by atoms with E-state index in [0.717, 1.165) is 16.3 Å². The minimum Gasteiger partial charge on any atom is -0.487 e. The highest BCUT2D eigenvalue weighted by molar-refractivity contribution is 5.86. The molecule has 0 spiro atoms. The zero-order valence-corrected chi connectivity index (χ0v) is 20.1. The zero-order valence-electron chi connectivity index (χ0n) is 20.1. The van der Waals surface area contributed by atoms with Crippen LogP contribution in [0.3, 0.4) is 0 Å². The van der Waals surface area contributed by atoms with Crippen LogP contribution in [-0.4, -0.2) is 72.2 Å². The van der Waals surface area contributed by atoms with Crippen LogP contribution in [0.25, 0.3) is 10.8 Å². The normalized spacial score (nSPS) is 19.0. The van der Waals surface area contributed by atoms with E-state index in [1.54, 1.807) is 0 Å². The maximum absolute atomic E-state index is 5.99. The lowest BCUT2D eigenvalue weighted by Crippen LogP contribution is -2.28. The summed E-state index contributed by atoms with van der Waals surface area (Å²) >= 11 is 0. The van der Waals surface area contributed by atoms with E-state index in [2.05, 4.69) is 12.1 Å². The first-order chi connectivity index (χ1) is 17.4. The van der Waals surface area contributed by atoms with Crippen LogP contribution in [0.1, 0.15) is 5.56 Å². The predicted octanol–water partition coefficient (Wildman–Crippen LogP) is 4.26. The van der Waals surface area contributed by atoms with Crippen LogP contribution in [0.5, 0.6) is 11.5 Å². The first-order valence-electron chi connectivity index (χ1n) is 12.1. The Labute approximate surface area is 206 Å². The van der Waals surface area contributed by atoms with Crippen molar-refractivity contribution in [2.24, 2.45) is 0 Å². The summed E-state index contributed by atoms with van der Waals surface area (Å²) in [5.74, 6) is 1.40. The maximum atomic E-state index is 5.99. The SMILES string of the molecule is c1ccc(COCC2COCCOCCOc3cc4ccccc4cc3OCCOCCO2)cc1. The molecule has 0 fully saturated rings. The minimum absolute atomic E-state index is 0.180. The van der Waals surface area contributed by atoms with E-state index in [1.807, 2.05) is 54.6 Å². The summed E-state index contributed by atoms with van der Waals surface area (Å²) in [5, 5.41) is 2.20. The van der Waals surface area contributed by atoms with Crippen LogP contribution in [0.4, 0.5) is 0 Å². The van der Waals surface area contributed by atoms with E-state index in [-0.39, 0.29) is 6.10 Å². The van der Waals surface area contributed by atoms with Crippen molar-refractivity contribution < 1.29 is 33.2 Å². The van der Waals surface area contributed by atoms with Gasteiger partial charge >= 0.3 is 0 Å². The molecule has 0 radical (unpaired) electrons. The number of fused-ring (bicyclic) bond motifs is 2. The number of benzene rings is 3. The van der Waals surface area contributed by atoms with Gasteiger partial charge in [0, 0.05) is 0 Å². The van der Waals surface area contributed by atoms with Crippen molar-refractivity contribution in [2.75, 3.05) is 66.1 Å². The predicted molar refractivity (Wildman–Crippen MR) is 133 cm³/mol. The monoisotopic (exact) mass is 482 g/mol. The van der Waals surface area contributed by atoms with Gasteiger partial charge in [0.15, 0.2) is 11.5 Å². The summed E-state index contributed by atoms with van der Waals surface area (Å²) in [6, 6.07) is 22.2. The van der Waals surface area contributed by atoms with Gasteiger partial charge in [-0.3, -0.25) is 0 Å². The van der Waals surface area contributed by atoms with Crippen molar-refractivity contribution in [3.05, 3.63) is 72.3 Å². The number of rotatable bonds is 4. The van der Waals surface area contributed by atoms with E-state index in [1.165, 1.54) is 0 Å². The zero-order chi connectivity index (χ0) is 24.0. The number of hydrogen-bond acceptors (Lipinski definition) is 7. The Bertz CT molecular complexity index is 995. The van der Waals surface area contributed by atoms with Gasteiger partial charge in [0.2, 0.25) is 0 Å². The molecule has 0 bridgehead atoms. The summed E-state index contributed by atoms with van der Waals surface area (Å²) in [6.07, 6.45) is -0.180. The van der Waals surface area contributed by atoms with Crippen molar-refractivity contribution >= 4 is 10.8 Å². The number of ether oxygens (including phenoxy) is 7. The second-order valence-corrected chi connectivity index (χ2v) is 8.14. The molecule has 0 N–H and O–H groups in total. The van der Waals surface area contributed by atoms with Gasteiger partial charge in [-0.15, -0.1) is 0 Å². The topological polar surface area (TPSA) is 64.6 Å². The molecule has 35 heavy (non-hydrogen) atoms. The van der Waals surface area contributed by atoms with E-state index in [4.69, 9.17) is 33.2 Å². The molecule has 4 rings (SSSR count). The second kappa shape index (κ2) is 14.7. The molecule has 188 valence electrons. The highest BCUT2D eigenvalue weighted by Gasteiger charge is 2.12. The lowest BCUT2D eigenvalue weighted by atomic mass is 10.1. The van der Waals surface area contributed by atoms with Crippen LogP contribution in [0.15, 0.2) is 66.7 Å². The quantitative estimate of drug-likeness (QED) is 0.551. The summed E-state index contributed by atoms with van der Waals surface area (Å²) in [4.78, 5) is 0. The first-order valence-corrected chi connectivity index (χ1v) is 12.1. The summed E-state index contributed by atoms with van der Waals surface area (Å²) in [7, 11) is 0. The molecule has 1 aliphatic rings. The molecule has 1 aliphatic heterocycles. The molecule has 0 saturated heterocycles. The van der Waals surface area contributed by atoms with Gasteiger partial charge in [-0.25, -0.2) is 0 Å². The largest absolute Gasteiger partial charge is 0.487 e. The van der Waals surface area contributed by atoms with Crippen LogP contribution in [0, 0.1) is 0 Å². The summed E-state index contributed by atoms with van der Waals surface area (Å²) < 4.78 is 40.9. The molecule has 0 saturated carbocycles. The van der Waals surface area contributed by atoms with Crippen LogP contribution in [0.2, 0.25) is 0 Å². The molecule has 1 unspecified atom stereocenters. The smallest absolute Gasteiger partial charge is 0.161 e. The van der Waals surface area contributed by atoms with Crippen molar-refractivity contribution in [1.29, 1.82) is 0 Å². The lowest BCUT2D eigenvalue weighted by molar-refractivity contribution is -0.0824. The third-order valence-corrected chi connectivity index (χ3v) is 5.45. The Hall–Kier alpha value is -2.68. The van der Waals surface area contributed by atoms with E-state index in [9.17, 15) is 0 Å². The third-order valence-electron chi connectivity index (χ3n) is 5.45. The summed E-state index contributed by atoms with van der Waals surface area (Å²) in [6.45, 7) is 5.01. The van der Waals surface area contributed by atoms with Crippen molar-refractivity contribution in [3.8, 4) is 11.5 Å². The second-order valence-electron chi connectivity index (χ2n) is 8.14. The Kier molecular flexibility index (Phi) is 10.6. The third kappa shape index (κ3) is 8.80. The van der Waals surface area contributed by atoms with Crippen molar-refractivity contribution in [3.63, 3.8) is 0 Å². The highest BCUT2D eigenvalue weighted by atomic mass is 16.6. The summed E-state index contributed by atoms with van der Waals surface area (Å²) in [5.41, 5.74) is 1.13. The minimum atomic E-state index is -0.180. The van der Waals surface area contributed by atoms with Gasteiger partial charge in [-0.1, -0.05) is 54.6 Å². The van der Waals surface area contributed by atoms with E-state index >= 15 is 0 Å². The molecular weight excluding hydrogens is 448 g/mol. The standard InChI is InChI=1S/C28H34O7/c1-2-6-23(7-3-1)20-32-22-26-21-31-11-10-29-13-16-34-27-18-24-8-4-5-9-25(24)19-28(27)35-17-14-30-12-15-33-26/h1-9,18-19,26H,10-17,20-22H2. The van der Waals surface area contributed by atoms with Crippen LogP contribution < -0.4 is 9.47 Å². The van der Waals surface area contributed by atoms with Gasteiger partial charge in [-0.05, 0) is 28.5 Å². The molecule has 3 aromatic carbocycles.